The summed E-state index contributed by atoms with van der Waals surface area (Å²) in [5.74, 6) is 1.41. The van der Waals surface area contributed by atoms with Gasteiger partial charge in [0.25, 0.3) is 0 Å². The summed E-state index contributed by atoms with van der Waals surface area (Å²) >= 11 is 0. The standard InChI is InChI=1S/C14H20O4/c1-10(15)13-6-5-11(16-2)8-14(13)18-12-4-3-7-17-9-12/h5-6,8,10,12,15H,3-4,7,9H2,1-2H3/t10-,12?/m0/s1. The van der Waals surface area contributed by atoms with Crippen LogP contribution < -0.4 is 9.47 Å². The first-order valence-corrected chi connectivity index (χ1v) is 6.31. The van der Waals surface area contributed by atoms with Gasteiger partial charge in [0.1, 0.15) is 17.6 Å². The van der Waals surface area contributed by atoms with E-state index in [1.54, 1.807) is 14.0 Å². The van der Waals surface area contributed by atoms with Gasteiger partial charge in [-0.15, -0.1) is 0 Å². The summed E-state index contributed by atoms with van der Waals surface area (Å²) < 4.78 is 16.5. The lowest BCUT2D eigenvalue weighted by Gasteiger charge is -2.25. The van der Waals surface area contributed by atoms with Crippen LogP contribution >= 0.6 is 0 Å². The minimum Gasteiger partial charge on any atom is -0.497 e. The molecule has 2 atom stereocenters. The van der Waals surface area contributed by atoms with Crippen molar-refractivity contribution < 1.29 is 19.3 Å². The molecule has 100 valence electrons. The molecule has 1 unspecified atom stereocenters. The maximum Gasteiger partial charge on any atom is 0.129 e. The Balaban J connectivity index is 2.17. The Morgan fingerprint density at radius 1 is 1.44 bits per heavy atom. The van der Waals surface area contributed by atoms with E-state index in [-0.39, 0.29) is 6.10 Å². The molecule has 0 spiro atoms. The molecule has 2 rings (SSSR count). The van der Waals surface area contributed by atoms with Gasteiger partial charge in [-0.1, -0.05) is 0 Å². The average molecular weight is 252 g/mol. The molecule has 0 aromatic heterocycles. The fourth-order valence-electron chi connectivity index (χ4n) is 2.07. The molecule has 4 heteroatoms. The Labute approximate surface area is 107 Å². The van der Waals surface area contributed by atoms with Gasteiger partial charge in [0.15, 0.2) is 0 Å². The SMILES string of the molecule is COc1ccc([C@H](C)O)c(OC2CCCOC2)c1. The van der Waals surface area contributed by atoms with Gasteiger partial charge >= 0.3 is 0 Å². The van der Waals surface area contributed by atoms with Gasteiger partial charge in [-0.3, -0.25) is 0 Å². The van der Waals surface area contributed by atoms with Crippen LogP contribution in [0, 0.1) is 0 Å². The zero-order valence-corrected chi connectivity index (χ0v) is 10.9. The quantitative estimate of drug-likeness (QED) is 0.893. The van der Waals surface area contributed by atoms with Gasteiger partial charge in [0, 0.05) is 18.2 Å². The molecular weight excluding hydrogens is 232 g/mol. The van der Waals surface area contributed by atoms with Crippen LogP contribution in [0.25, 0.3) is 0 Å². The molecule has 0 bridgehead atoms. The van der Waals surface area contributed by atoms with Crippen molar-refractivity contribution in [3.63, 3.8) is 0 Å². The van der Waals surface area contributed by atoms with Gasteiger partial charge in [0.05, 0.1) is 19.8 Å². The largest absolute Gasteiger partial charge is 0.497 e. The number of aliphatic hydroxyl groups excluding tert-OH is 1. The van der Waals surface area contributed by atoms with E-state index in [2.05, 4.69) is 0 Å². The number of hydrogen-bond acceptors (Lipinski definition) is 4. The van der Waals surface area contributed by atoms with Gasteiger partial charge in [-0.25, -0.2) is 0 Å². The van der Waals surface area contributed by atoms with Gasteiger partial charge in [-0.2, -0.15) is 0 Å². The minimum absolute atomic E-state index is 0.0587. The third-order valence-electron chi connectivity index (χ3n) is 3.08. The second-order valence-corrected chi connectivity index (χ2v) is 4.54. The summed E-state index contributed by atoms with van der Waals surface area (Å²) in [5.41, 5.74) is 0.779. The molecular formula is C14H20O4. The second kappa shape index (κ2) is 6.07. The van der Waals surface area contributed by atoms with Crippen molar-refractivity contribution in [3.8, 4) is 11.5 Å². The number of aliphatic hydroxyl groups is 1. The molecule has 1 heterocycles. The van der Waals surface area contributed by atoms with E-state index in [1.807, 2.05) is 18.2 Å². The van der Waals surface area contributed by atoms with Gasteiger partial charge in [0.2, 0.25) is 0 Å². The molecule has 1 saturated heterocycles. The van der Waals surface area contributed by atoms with E-state index in [0.29, 0.717) is 12.4 Å². The predicted molar refractivity (Wildman–Crippen MR) is 68.1 cm³/mol. The van der Waals surface area contributed by atoms with Gasteiger partial charge < -0.3 is 19.3 Å². The number of hydrogen-bond donors (Lipinski definition) is 1. The second-order valence-electron chi connectivity index (χ2n) is 4.54. The average Bonchev–Trinajstić information content (AvgIpc) is 2.39. The third-order valence-corrected chi connectivity index (χ3v) is 3.08. The molecule has 4 nitrogen and oxygen atoms in total. The summed E-state index contributed by atoms with van der Waals surface area (Å²) in [7, 11) is 1.62. The van der Waals surface area contributed by atoms with Gasteiger partial charge in [-0.05, 0) is 31.9 Å². The monoisotopic (exact) mass is 252 g/mol. The summed E-state index contributed by atoms with van der Waals surface area (Å²) in [4.78, 5) is 0. The molecule has 0 amide bonds. The molecule has 0 saturated carbocycles. The summed E-state index contributed by atoms with van der Waals surface area (Å²) in [6.45, 7) is 3.14. The molecule has 1 aromatic carbocycles. The molecule has 1 fully saturated rings. The van der Waals surface area contributed by atoms with Crippen LogP contribution in [0.5, 0.6) is 11.5 Å². The van der Waals surface area contributed by atoms with Crippen molar-refractivity contribution in [2.24, 2.45) is 0 Å². The molecule has 1 aromatic rings. The third kappa shape index (κ3) is 3.15. The Kier molecular flexibility index (Phi) is 4.44. The normalized spacial score (nSPS) is 21.4. The van der Waals surface area contributed by atoms with Crippen molar-refractivity contribution >= 4 is 0 Å². The summed E-state index contributed by atoms with van der Waals surface area (Å²) in [6, 6.07) is 5.48. The lowest BCUT2D eigenvalue weighted by molar-refractivity contribution is 0.00605. The maximum absolute atomic E-state index is 9.75. The Morgan fingerprint density at radius 2 is 2.28 bits per heavy atom. The van der Waals surface area contributed by atoms with E-state index in [9.17, 15) is 5.11 Å². The highest BCUT2D eigenvalue weighted by atomic mass is 16.5. The van der Waals surface area contributed by atoms with E-state index in [1.165, 1.54) is 0 Å². The van der Waals surface area contributed by atoms with Crippen LogP contribution in [0.2, 0.25) is 0 Å². The fourth-order valence-corrected chi connectivity index (χ4v) is 2.07. The first-order valence-electron chi connectivity index (χ1n) is 6.31. The summed E-state index contributed by atoms with van der Waals surface area (Å²) in [5, 5.41) is 9.75. The summed E-state index contributed by atoms with van der Waals surface area (Å²) in [6.07, 6.45) is 1.49. The van der Waals surface area contributed by atoms with E-state index < -0.39 is 6.10 Å². The van der Waals surface area contributed by atoms with E-state index >= 15 is 0 Å². The predicted octanol–water partition coefficient (Wildman–Crippen LogP) is 2.31. The number of rotatable bonds is 4. The molecule has 0 aliphatic carbocycles. The maximum atomic E-state index is 9.75. The smallest absolute Gasteiger partial charge is 0.129 e. The van der Waals surface area contributed by atoms with E-state index in [0.717, 1.165) is 30.8 Å². The Bertz CT molecular complexity index is 383. The van der Waals surface area contributed by atoms with E-state index in [4.69, 9.17) is 14.2 Å². The molecule has 1 N–H and O–H groups in total. The first kappa shape index (κ1) is 13.2. The van der Waals surface area contributed by atoms with Crippen LogP contribution in [0.4, 0.5) is 0 Å². The van der Waals surface area contributed by atoms with Crippen molar-refractivity contribution in [2.45, 2.75) is 32.0 Å². The van der Waals surface area contributed by atoms with Crippen LogP contribution in [0.3, 0.4) is 0 Å². The minimum atomic E-state index is -0.560. The Hall–Kier alpha value is -1.26. The lowest BCUT2D eigenvalue weighted by Crippen LogP contribution is -2.28. The highest BCUT2D eigenvalue weighted by Crippen LogP contribution is 2.31. The topological polar surface area (TPSA) is 47.9 Å². The van der Waals surface area contributed by atoms with Crippen molar-refractivity contribution in [2.75, 3.05) is 20.3 Å². The van der Waals surface area contributed by atoms with Crippen LogP contribution in [-0.2, 0) is 4.74 Å². The molecule has 1 aliphatic heterocycles. The molecule has 18 heavy (non-hydrogen) atoms. The number of benzene rings is 1. The highest BCUT2D eigenvalue weighted by molar-refractivity contribution is 5.42. The number of methoxy groups -OCH3 is 1. The zero-order chi connectivity index (χ0) is 13.0. The number of ether oxygens (including phenoxy) is 3. The van der Waals surface area contributed by atoms with Crippen molar-refractivity contribution in [1.82, 2.24) is 0 Å². The zero-order valence-electron chi connectivity index (χ0n) is 10.9. The highest BCUT2D eigenvalue weighted by Gasteiger charge is 2.18. The van der Waals surface area contributed by atoms with Crippen molar-refractivity contribution in [1.29, 1.82) is 0 Å². The fraction of sp³-hybridized carbons (Fsp3) is 0.571. The lowest BCUT2D eigenvalue weighted by atomic mass is 10.1. The Morgan fingerprint density at radius 3 is 2.89 bits per heavy atom. The van der Waals surface area contributed by atoms with Crippen LogP contribution in [0.1, 0.15) is 31.4 Å². The molecule has 0 radical (unpaired) electrons. The van der Waals surface area contributed by atoms with Crippen LogP contribution in [0.15, 0.2) is 18.2 Å². The van der Waals surface area contributed by atoms with Crippen LogP contribution in [-0.4, -0.2) is 31.5 Å². The van der Waals surface area contributed by atoms with Crippen molar-refractivity contribution in [3.05, 3.63) is 23.8 Å². The first-order chi connectivity index (χ1) is 8.70. The molecule has 1 aliphatic rings.